The Balaban J connectivity index is 0.000000187. The van der Waals surface area contributed by atoms with E-state index in [1.54, 1.807) is 18.5 Å². The number of aromatic nitrogens is 2. The van der Waals surface area contributed by atoms with Crippen molar-refractivity contribution in [1.29, 1.82) is 0 Å². The van der Waals surface area contributed by atoms with Crippen molar-refractivity contribution in [3.63, 3.8) is 0 Å². The number of nitrogens with one attached hydrogen (secondary N) is 1. The Morgan fingerprint density at radius 1 is 1.03 bits per heavy atom. The van der Waals surface area contributed by atoms with Gasteiger partial charge in [-0.05, 0) is 60.2 Å². The van der Waals surface area contributed by atoms with Gasteiger partial charge >= 0.3 is 6.18 Å². The Morgan fingerprint density at radius 3 is 2.58 bits per heavy atom. The number of alkyl halides is 4. The summed E-state index contributed by atoms with van der Waals surface area (Å²) < 4.78 is 56.9. The fraction of sp³-hybridized carbons (Fsp3) is 0.273. The van der Waals surface area contributed by atoms with Crippen molar-refractivity contribution in [2.24, 2.45) is 0 Å². The molecule has 9 heteroatoms. The molecule has 0 amide bonds. The molecule has 0 unspecified atom stereocenters. The summed E-state index contributed by atoms with van der Waals surface area (Å²) in [5.74, 6) is 1.61. The molecule has 2 heterocycles. The molecule has 1 N–H and O–H groups in total. The van der Waals surface area contributed by atoms with Gasteiger partial charge in [-0.1, -0.05) is 24.3 Å². The van der Waals surface area contributed by atoms with Crippen LogP contribution in [0.5, 0.6) is 5.75 Å². The van der Waals surface area contributed by atoms with Gasteiger partial charge in [0.05, 0.1) is 18.8 Å². The number of anilines is 1. The van der Waals surface area contributed by atoms with E-state index < -0.39 is 18.4 Å². The first-order valence-corrected chi connectivity index (χ1v) is 10.4. The van der Waals surface area contributed by atoms with Crippen LogP contribution in [0, 0.1) is 0 Å². The first-order chi connectivity index (χ1) is 15.0. The van der Waals surface area contributed by atoms with Crippen LogP contribution >= 0.6 is 11.9 Å². The highest BCUT2D eigenvalue weighted by Crippen LogP contribution is 2.30. The smallest absolute Gasteiger partial charge is 0.416 e. The molecule has 1 aliphatic heterocycles. The standard InChI is InChI=1S/C13H13N3OS.C9H8F4/c1-3-10-4-5-11(9-12(10)17-8-1)18-16-13-14-6-2-7-15-13;10-5-4-7-2-1-3-8(6-7)9(11,12)13/h2,4-7,9H,1,3,8H2,(H,14,15,16);1-3,6H,4-5H2. The third kappa shape index (κ3) is 7.13. The molecule has 4 nitrogen and oxygen atoms in total. The van der Waals surface area contributed by atoms with E-state index >= 15 is 0 Å². The molecule has 4 rings (SSSR count). The van der Waals surface area contributed by atoms with Gasteiger partial charge in [-0.3, -0.25) is 9.11 Å². The molecule has 1 aromatic heterocycles. The minimum atomic E-state index is -4.34. The van der Waals surface area contributed by atoms with Crippen LogP contribution in [0.3, 0.4) is 0 Å². The van der Waals surface area contributed by atoms with Gasteiger partial charge in [-0.25, -0.2) is 9.97 Å². The van der Waals surface area contributed by atoms with Crippen LogP contribution in [-0.2, 0) is 19.0 Å². The van der Waals surface area contributed by atoms with Gasteiger partial charge in [0.15, 0.2) is 0 Å². The van der Waals surface area contributed by atoms with Crippen LogP contribution in [0.15, 0.2) is 65.8 Å². The number of benzene rings is 2. The number of hydrogen-bond acceptors (Lipinski definition) is 5. The van der Waals surface area contributed by atoms with Crippen molar-refractivity contribution in [3.05, 3.63) is 77.6 Å². The number of ether oxygens (including phenoxy) is 1. The van der Waals surface area contributed by atoms with Gasteiger partial charge in [0, 0.05) is 23.7 Å². The predicted molar refractivity (Wildman–Crippen MR) is 113 cm³/mol. The Bertz CT molecular complexity index is 970. The van der Waals surface area contributed by atoms with Crippen molar-refractivity contribution in [1.82, 2.24) is 9.97 Å². The van der Waals surface area contributed by atoms with E-state index in [4.69, 9.17) is 4.74 Å². The highest BCUT2D eigenvalue weighted by molar-refractivity contribution is 8.00. The second kappa shape index (κ2) is 11.0. The van der Waals surface area contributed by atoms with E-state index in [9.17, 15) is 17.6 Å². The lowest BCUT2D eigenvalue weighted by atomic mass is 10.1. The Kier molecular flexibility index (Phi) is 8.11. The zero-order chi connectivity index (χ0) is 22.1. The molecule has 0 saturated carbocycles. The van der Waals surface area contributed by atoms with Crippen LogP contribution in [0.4, 0.5) is 23.5 Å². The average Bonchev–Trinajstić information content (AvgIpc) is 2.79. The summed E-state index contributed by atoms with van der Waals surface area (Å²) in [6.07, 6.45) is 1.33. The zero-order valence-corrected chi connectivity index (χ0v) is 17.3. The number of halogens is 4. The second-order valence-electron chi connectivity index (χ2n) is 6.64. The fourth-order valence-corrected chi connectivity index (χ4v) is 3.47. The number of fused-ring (bicyclic) bond motifs is 1. The van der Waals surface area contributed by atoms with Gasteiger partial charge < -0.3 is 4.74 Å². The van der Waals surface area contributed by atoms with Crippen LogP contribution in [0.2, 0.25) is 0 Å². The summed E-state index contributed by atoms with van der Waals surface area (Å²) in [5, 5.41) is 0. The minimum Gasteiger partial charge on any atom is -0.493 e. The maximum Gasteiger partial charge on any atom is 0.416 e. The Hall–Kier alpha value is -2.81. The van der Waals surface area contributed by atoms with Crippen LogP contribution in [-0.4, -0.2) is 23.2 Å². The molecule has 2 aromatic carbocycles. The van der Waals surface area contributed by atoms with E-state index in [2.05, 4.69) is 32.9 Å². The molecule has 0 radical (unpaired) electrons. The van der Waals surface area contributed by atoms with Crippen molar-refractivity contribution in [2.45, 2.75) is 30.3 Å². The molecular weight excluding hydrogens is 430 g/mol. The van der Waals surface area contributed by atoms with E-state index in [-0.39, 0.29) is 6.42 Å². The number of rotatable bonds is 5. The molecule has 0 atom stereocenters. The quantitative estimate of drug-likeness (QED) is 0.373. The molecule has 0 saturated heterocycles. The van der Waals surface area contributed by atoms with Gasteiger partial charge in [-0.2, -0.15) is 13.2 Å². The third-order valence-electron chi connectivity index (χ3n) is 4.35. The molecule has 0 spiro atoms. The van der Waals surface area contributed by atoms with Crippen molar-refractivity contribution >= 4 is 17.9 Å². The molecule has 164 valence electrons. The van der Waals surface area contributed by atoms with E-state index in [1.807, 2.05) is 0 Å². The number of hydrogen-bond donors (Lipinski definition) is 1. The molecular formula is C22H21F4N3OS. The average molecular weight is 451 g/mol. The molecule has 1 aliphatic rings. The summed E-state index contributed by atoms with van der Waals surface area (Å²) in [5.41, 5.74) is 0.942. The predicted octanol–water partition coefficient (Wildman–Crippen LogP) is 6.14. The van der Waals surface area contributed by atoms with Crippen LogP contribution < -0.4 is 9.46 Å². The SMILES string of the molecule is FCCc1cccc(C(F)(F)F)c1.c1cnc(NSc2ccc3c(c2)OCCC3)nc1. The molecule has 31 heavy (non-hydrogen) atoms. The third-order valence-corrected chi connectivity index (χ3v) is 5.12. The van der Waals surface area contributed by atoms with Crippen molar-refractivity contribution in [2.75, 3.05) is 18.0 Å². The summed E-state index contributed by atoms with van der Waals surface area (Å²) >= 11 is 1.49. The summed E-state index contributed by atoms with van der Waals surface area (Å²) in [6, 6.07) is 12.8. The maximum atomic E-state index is 12.1. The molecule has 3 aromatic rings. The molecule has 0 fully saturated rings. The van der Waals surface area contributed by atoms with Crippen LogP contribution in [0.25, 0.3) is 0 Å². The van der Waals surface area contributed by atoms with Gasteiger partial charge in [0.1, 0.15) is 5.75 Å². The Morgan fingerprint density at radius 2 is 1.84 bits per heavy atom. The first-order valence-electron chi connectivity index (χ1n) is 9.63. The van der Waals surface area contributed by atoms with Crippen molar-refractivity contribution in [3.8, 4) is 5.75 Å². The highest BCUT2D eigenvalue weighted by atomic mass is 32.2. The molecule has 0 bridgehead atoms. The number of nitrogens with zero attached hydrogens (tertiary/aromatic N) is 2. The minimum absolute atomic E-state index is 0.0317. The second-order valence-corrected chi connectivity index (χ2v) is 7.51. The normalized spacial score (nSPS) is 12.8. The van der Waals surface area contributed by atoms with Gasteiger partial charge in [0.2, 0.25) is 5.95 Å². The summed E-state index contributed by atoms with van der Waals surface area (Å²) in [7, 11) is 0. The van der Waals surface area contributed by atoms with Crippen LogP contribution in [0.1, 0.15) is 23.1 Å². The van der Waals surface area contributed by atoms with Gasteiger partial charge in [-0.15, -0.1) is 0 Å². The highest BCUT2D eigenvalue weighted by Gasteiger charge is 2.30. The van der Waals surface area contributed by atoms with E-state index in [1.165, 1.54) is 29.6 Å². The van der Waals surface area contributed by atoms with Crippen molar-refractivity contribution < 1.29 is 22.3 Å². The lowest BCUT2D eigenvalue weighted by Gasteiger charge is -2.17. The first kappa shape index (κ1) is 22.9. The lowest BCUT2D eigenvalue weighted by Crippen LogP contribution is -2.08. The topological polar surface area (TPSA) is 47.0 Å². The summed E-state index contributed by atoms with van der Waals surface area (Å²) in [4.78, 5) is 9.31. The zero-order valence-electron chi connectivity index (χ0n) is 16.5. The maximum absolute atomic E-state index is 12.1. The Labute approximate surface area is 182 Å². The van der Waals surface area contributed by atoms with Gasteiger partial charge in [0.25, 0.3) is 0 Å². The largest absolute Gasteiger partial charge is 0.493 e. The lowest BCUT2D eigenvalue weighted by molar-refractivity contribution is -0.137. The molecule has 0 aliphatic carbocycles. The number of aryl methyl sites for hydroxylation is 2. The van der Waals surface area contributed by atoms with E-state index in [0.29, 0.717) is 11.5 Å². The fourth-order valence-electron chi connectivity index (χ4n) is 2.85. The van der Waals surface area contributed by atoms with E-state index in [0.717, 1.165) is 42.2 Å². The summed E-state index contributed by atoms with van der Waals surface area (Å²) in [6.45, 7) is 0.178. The monoisotopic (exact) mass is 451 g/mol.